The molecule has 136 valence electrons. The van der Waals surface area contributed by atoms with Crippen molar-refractivity contribution in [1.29, 1.82) is 0 Å². The van der Waals surface area contributed by atoms with Crippen LogP contribution in [0.15, 0.2) is 55.1 Å². The zero-order chi connectivity index (χ0) is 19.5. The van der Waals surface area contributed by atoms with Gasteiger partial charge in [-0.15, -0.1) is 0 Å². The quantitative estimate of drug-likeness (QED) is 0.565. The Balaban J connectivity index is -0.000000284. The molecule has 0 amide bonds. The monoisotopic (exact) mass is 330 g/mol. The van der Waals surface area contributed by atoms with E-state index in [1.807, 2.05) is 79.7 Å². The minimum absolute atomic E-state index is 0.329. The van der Waals surface area contributed by atoms with E-state index in [9.17, 15) is 0 Å². The summed E-state index contributed by atoms with van der Waals surface area (Å²) in [7, 11) is 0. The summed E-state index contributed by atoms with van der Waals surface area (Å²) in [5, 5.41) is 8.76. The Kier molecular flexibility index (Phi) is 21.3. The minimum atomic E-state index is 0.329. The van der Waals surface area contributed by atoms with Gasteiger partial charge in [0.1, 0.15) is 5.75 Å². The molecule has 0 heterocycles. The lowest BCUT2D eigenvalue weighted by Gasteiger charge is -2.02. The van der Waals surface area contributed by atoms with Gasteiger partial charge in [0.15, 0.2) is 0 Å². The van der Waals surface area contributed by atoms with Crippen molar-refractivity contribution >= 4 is 5.57 Å². The second kappa shape index (κ2) is 19.0. The molecule has 0 aliphatic carbocycles. The maximum Gasteiger partial charge on any atom is 0.115 e. The van der Waals surface area contributed by atoms with Crippen LogP contribution in [0.1, 0.15) is 65.2 Å². The number of aromatic hydroxyl groups is 1. The molecule has 0 atom stereocenters. The van der Waals surface area contributed by atoms with Crippen molar-refractivity contribution < 1.29 is 5.11 Å². The van der Waals surface area contributed by atoms with Gasteiger partial charge in [-0.1, -0.05) is 95.7 Å². The van der Waals surface area contributed by atoms with Crippen LogP contribution >= 0.6 is 0 Å². The topological polar surface area (TPSA) is 20.2 Å². The molecule has 0 saturated heterocycles. The molecular formula is C23H38O. The number of phenolic OH excluding ortho intramolecular Hbond substituents is 1. The molecule has 0 spiro atoms. The van der Waals surface area contributed by atoms with Gasteiger partial charge in [-0.2, -0.15) is 0 Å². The summed E-state index contributed by atoms with van der Waals surface area (Å²) in [5.41, 5.74) is 4.87. The molecule has 0 fully saturated rings. The lowest BCUT2D eigenvalue weighted by Crippen LogP contribution is -1.81. The summed E-state index contributed by atoms with van der Waals surface area (Å²) >= 11 is 0. The van der Waals surface area contributed by atoms with Crippen LogP contribution in [-0.2, 0) is 0 Å². The van der Waals surface area contributed by atoms with Crippen molar-refractivity contribution in [2.24, 2.45) is 0 Å². The van der Waals surface area contributed by atoms with E-state index in [0.717, 1.165) is 5.57 Å². The molecular weight excluding hydrogens is 292 g/mol. The third-order valence-corrected chi connectivity index (χ3v) is 2.64. The second-order valence-corrected chi connectivity index (χ2v) is 4.43. The summed E-state index contributed by atoms with van der Waals surface area (Å²) in [6, 6.07) is 15.4. The Morgan fingerprint density at radius 3 is 1.46 bits per heavy atom. The third-order valence-electron chi connectivity index (χ3n) is 2.64. The van der Waals surface area contributed by atoms with E-state index < -0.39 is 0 Å². The Labute approximate surface area is 151 Å². The van der Waals surface area contributed by atoms with E-state index in [0.29, 0.717) is 5.75 Å². The molecule has 2 aromatic rings. The van der Waals surface area contributed by atoms with Crippen molar-refractivity contribution in [1.82, 2.24) is 0 Å². The van der Waals surface area contributed by atoms with Crippen LogP contribution in [0.5, 0.6) is 5.75 Å². The summed E-state index contributed by atoms with van der Waals surface area (Å²) in [4.78, 5) is 0. The van der Waals surface area contributed by atoms with E-state index in [-0.39, 0.29) is 0 Å². The maximum absolute atomic E-state index is 8.76. The van der Waals surface area contributed by atoms with Gasteiger partial charge < -0.3 is 5.11 Å². The second-order valence-electron chi connectivity index (χ2n) is 4.43. The highest BCUT2D eigenvalue weighted by molar-refractivity contribution is 5.63. The number of phenols is 1. The van der Waals surface area contributed by atoms with Gasteiger partial charge in [-0.3, -0.25) is 0 Å². The van der Waals surface area contributed by atoms with Crippen LogP contribution in [-0.4, -0.2) is 5.11 Å². The fourth-order valence-corrected chi connectivity index (χ4v) is 1.60. The van der Waals surface area contributed by atoms with Gasteiger partial charge in [-0.05, 0) is 44.0 Å². The number of rotatable bonds is 1. The van der Waals surface area contributed by atoms with Crippen LogP contribution in [0.2, 0.25) is 0 Å². The fourth-order valence-electron chi connectivity index (χ4n) is 1.60. The van der Waals surface area contributed by atoms with Crippen molar-refractivity contribution in [3.63, 3.8) is 0 Å². The molecule has 0 bridgehead atoms. The first-order valence-electron chi connectivity index (χ1n) is 8.98. The zero-order valence-electron chi connectivity index (χ0n) is 17.3. The molecule has 1 heteroatoms. The minimum Gasteiger partial charge on any atom is -0.508 e. The van der Waals surface area contributed by atoms with Gasteiger partial charge in [0, 0.05) is 0 Å². The molecule has 1 nitrogen and oxygen atoms in total. The van der Waals surface area contributed by atoms with Crippen molar-refractivity contribution in [2.75, 3.05) is 0 Å². The van der Waals surface area contributed by atoms with Crippen LogP contribution < -0.4 is 0 Å². The number of hydrogen-bond donors (Lipinski definition) is 1. The fraction of sp³-hybridized carbons (Fsp3) is 0.391. The number of aryl methyl sites for hydroxylation is 2. The molecule has 0 saturated carbocycles. The van der Waals surface area contributed by atoms with Crippen molar-refractivity contribution in [3.05, 3.63) is 71.8 Å². The molecule has 0 aliphatic heterocycles. The maximum atomic E-state index is 8.76. The van der Waals surface area contributed by atoms with E-state index in [4.69, 9.17) is 5.11 Å². The van der Waals surface area contributed by atoms with Gasteiger partial charge in [0.25, 0.3) is 0 Å². The molecule has 2 aromatic carbocycles. The standard InChI is InChI=1S/C10H12.C7H8O.3C2H6/c1-8(2)10-7-5-4-6-9(10)3;1-6-2-4-7(8)5-3-6;3*1-2/h4-7H,1H2,2-3H3;2-5,8H,1H3;3*1-2H3. The van der Waals surface area contributed by atoms with Gasteiger partial charge in [-0.25, -0.2) is 0 Å². The summed E-state index contributed by atoms with van der Waals surface area (Å²) in [5.74, 6) is 0.329. The van der Waals surface area contributed by atoms with Gasteiger partial charge >= 0.3 is 0 Å². The lowest BCUT2D eigenvalue weighted by atomic mass is 10.0. The van der Waals surface area contributed by atoms with Gasteiger partial charge in [0.2, 0.25) is 0 Å². The first-order chi connectivity index (χ1) is 11.5. The molecule has 2 rings (SSSR count). The number of allylic oxidation sites excluding steroid dienone is 1. The van der Waals surface area contributed by atoms with E-state index >= 15 is 0 Å². The Bertz CT molecular complexity index is 489. The summed E-state index contributed by atoms with van der Waals surface area (Å²) in [6.07, 6.45) is 0. The molecule has 0 aromatic heterocycles. The highest BCUT2D eigenvalue weighted by atomic mass is 16.3. The smallest absolute Gasteiger partial charge is 0.115 e. The Morgan fingerprint density at radius 2 is 1.17 bits per heavy atom. The highest BCUT2D eigenvalue weighted by Crippen LogP contribution is 2.14. The summed E-state index contributed by atoms with van der Waals surface area (Å²) < 4.78 is 0. The molecule has 0 radical (unpaired) electrons. The normalized spacial score (nSPS) is 7.71. The highest BCUT2D eigenvalue weighted by Gasteiger charge is 1.94. The van der Waals surface area contributed by atoms with E-state index in [2.05, 4.69) is 25.6 Å². The Hall–Kier alpha value is -2.02. The van der Waals surface area contributed by atoms with Crippen LogP contribution in [0.25, 0.3) is 5.57 Å². The molecule has 1 N–H and O–H groups in total. The lowest BCUT2D eigenvalue weighted by molar-refractivity contribution is 0.475. The first kappa shape index (κ1) is 26.9. The predicted octanol–water partition coefficient (Wildman–Crippen LogP) is 7.81. The van der Waals surface area contributed by atoms with E-state index in [1.54, 1.807) is 12.1 Å². The summed E-state index contributed by atoms with van der Waals surface area (Å²) in [6.45, 7) is 22.0. The predicted molar refractivity (Wildman–Crippen MR) is 113 cm³/mol. The van der Waals surface area contributed by atoms with Crippen molar-refractivity contribution in [2.45, 2.75) is 62.3 Å². The average molecular weight is 331 g/mol. The third kappa shape index (κ3) is 13.6. The Morgan fingerprint density at radius 1 is 0.750 bits per heavy atom. The van der Waals surface area contributed by atoms with Crippen LogP contribution in [0.4, 0.5) is 0 Å². The van der Waals surface area contributed by atoms with E-state index in [1.165, 1.54) is 16.7 Å². The number of hydrogen-bond acceptors (Lipinski definition) is 1. The van der Waals surface area contributed by atoms with Crippen LogP contribution in [0.3, 0.4) is 0 Å². The first-order valence-corrected chi connectivity index (χ1v) is 8.98. The van der Waals surface area contributed by atoms with Gasteiger partial charge in [0.05, 0.1) is 0 Å². The number of benzene rings is 2. The molecule has 0 unspecified atom stereocenters. The zero-order valence-corrected chi connectivity index (χ0v) is 17.3. The molecule has 24 heavy (non-hydrogen) atoms. The molecule has 0 aliphatic rings. The SMILES string of the molecule is C=C(C)c1ccccc1C.CC.CC.CC.Cc1ccc(O)cc1. The van der Waals surface area contributed by atoms with Crippen molar-refractivity contribution in [3.8, 4) is 5.75 Å². The van der Waals surface area contributed by atoms with Crippen LogP contribution in [0, 0.1) is 13.8 Å². The largest absolute Gasteiger partial charge is 0.508 e. The average Bonchev–Trinajstić information content (AvgIpc) is 2.63.